The van der Waals surface area contributed by atoms with Crippen LogP contribution >= 0.6 is 0 Å². The number of allylic oxidation sites excluding steroid dienone is 6. The number of aliphatic hydroxyl groups excluding tert-OH is 2. The molecule has 0 amide bonds. The minimum atomic E-state index is -1.00. The Morgan fingerprint density at radius 3 is 1.83 bits per heavy atom. The van der Waals surface area contributed by atoms with Crippen molar-refractivity contribution in [2.75, 3.05) is 13.2 Å². The van der Waals surface area contributed by atoms with Crippen LogP contribution in [0.2, 0.25) is 0 Å². The normalized spacial score (nSPS) is 14.1. The molecule has 0 saturated carbocycles. The molecule has 0 aromatic rings. The quantitative estimate of drug-likeness (QED) is 0.0327. The van der Waals surface area contributed by atoms with Gasteiger partial charge in [0.1, 0.15) is 19.3 Å². The SMILES string of the molecule is CCCCC/C=C\C[C@@H](O)/C=C/C=C\C/C=C\CCCC(=O)OC[C@H](O)COC(=O)CCCCCCCCCCCCC(C)CC. The van der Waals surface area contributed by atoms with Crippen molar-refractivity contribution in [3.8, 4) is 0 Å². The van der Waals surface area contributed by atoms with Gasteiger partial charge in [-0.05, 0) is 50.9 Å². The molecule has 0 aliphatic rings. The molecule has 0 fully saturated rings. The van der Waals surface area contributed by atoms with Crippen LogP contribution in [0.3, 0.4) is 0 Å². The van der Waals surface area contributed by atoms with E-state index in [2.05, 4.69) is 26.8 Å². The summed E-state index contributed by atoms with van der Waals surface area (Å²) in [4.78, 5) is 23.9. The van der Waals surface area contributed by atoms with Crippen LogP contribution in [-0.4, -0.2) is 47.6 Å². The van der Waals surface area contributed by atoms with Crippen LogP contribution in [0, 0.1) is 5.92 Å². The van der Waals surface area contributed by atoms with Gasteiger partial charge in [0.15, 0.2) is 0 Å². The first kappa shape index (κ1) is 43.8. The van der Waals surface area contributed by atoms with E-state index in [-0.39, 0.29) is 31.6 Å². The van der Waals surface area contributed by atoms with Gasteiger partial charge in [-0.25, -0.2) is 0 Å². The molecule has 0 heterocycles. The highest BCUT2D eigenvalue weighted by atomic mass is 16.6. The van der Waals surface area contributed by atoms with Crippen molar-refractivity contribution in [3.05, 3.63) is 48.6 Å². The third kappa shape index (κ3) is 33.2. The van der Waals surface area contributed by atoms with Crippen molar-refractivity contribution < 1.29 is 29.3 Å². The predicted molar refractivity (Wildman–Crippen MR) is 193 cm³/mol. The molecule has 6 nitrogen and oxygen atoms in total. The maximum atomic E-state index is 11.9. The lowest BCUT2D eigenvalue weighted by Gasteiger charge is -2.12. The summed E-state index contributed by atoms with van der Waals surface area (Å²) >= 11 is 0. The fourth-order valence-corrected chi connectivity index (χ4v) is 4.90. The number of carbonyl (C=O) groups is 2. The number of unbranched alkanes of at least 4 members (excludes halogenated alkanes) is 13. The largest absolute Gasteiger partial charge is 0.463 e. The summed E-state index contributed by atoms with van der Waals surface area (Å²) in [5.74, 6) is 0.202. The molecule has 2 N–H and O–H groups in total. The maximum Gasteiger partial charge on any atom is 0.305 e. The molecule has 0 aliphatic heterocycles. The molecule has 0 saturated heterocycles. The second kappa shape index (κ2) is 34.2. The van der Waals surface area contributed by atoms with Gasteiger partial charge in [-0.1, -0.05) is 153 Å². The van der Waals surface area contributed by atoms with E-state index in [0.29, 0.717) is 19.3 Å². The van der Waals surface area contributed by atoms with E-state index in [1.165, 1.54) is 77.0 Å². The van der Waals surface area contributed by atoms with Gasteiger partial charge in [0.2, 0.25) is 0 Å². The lowest BCUT2D eigenvalue weighted by atomic mass is 9.99. The van der Waals surface area contributed by atoms with E-state index in [9.17, 15) is 19.8 Å². The topological polar surface area (TPSA) is 93.1 Å². The minimum Gasteiger partial charge on any atom is -0.463 e. The second-order valence-corrected chi connectivity index (χ2v) is 12.8. The van der Waals surface area contributed by atoms with Crippen LogP contribution < -0.4 is 0 Å². The standard InChI is InChI=1S/C40H70O6/c1-4-6-7-8-20-25-30-37(41)31-26-21-16-13-14-18-23-28-33-40(44)46-35-38(42)34-45-39(43)32-27-22-17-12-10-9-11-15-19-24-29-36(3)5-2/h14,16,18,20-21,25-26,31,36-38,41-42H,4-13,15,17,19,22-24,27-30,32-35H2,1-3H3/b18-14-,21-16-,25-20-,31-26+/t36?,37-,38-/m1/s1. The highest BCUT2D eigenvalue weighted by molar-refractivity contribution is 5.69. The average Bonchev–Trinajstić information content (AvgIpc) is 3.05. The van der Waals surface area contributed by atoms with Crippen LogP contribution in [0.1, 0.15) is 162 Å². The molecule has 0 spiro atoms. The lowest BCUT2D eigenvalue weighted by Crippen LogP contribution is -2.25. The fraction of sp³-hybridized carbons (Fsp3) is 0.750. The van der Waals surface area contributed by atoms with Crippen LogP contribution in [0.25, 0.3) is 0 Å². The van der Waals surface area contributed by atoms with E-state index >= 15 is 0 Å². The van der Waals surface area contributed by atoms with Crippen molar-refractivity contribution >= 4 is 11.9 Å². The van der Waals surface area contributed by atoms with Crippen molar-refractivity contribution in [1.82, 2.24) is 0 Å². The summed E-state index contributed by atoms with van der Waals surface area (Å²) in [6.07, 6.45) is 37.6. The van der Waals surface area contributed by atoms with E-state index in [1.54, 1.807) is 6.08 Å². The summed E-state index contributed by atoms with van der Waals surface area (Å²) in [6.45, 7) is 6.50. The van der Waals surface area contributed by atoms with Gasteiger partial charge in [0.05, 0.1) is 6.10 Å². The zero-order chi connectivity index (χ0) is 33.9. The van der Waals surface area contributed by atoms with Gasteiger partial charge in [-0.15, -0.1) is 0 Å². The van der Waals surface area contributed by atoms with Gasteiger partial charge in [0.25, 0.3) is 0 Å². The Hall–Kier alpha value is -2.18. The summed E-state index contributed by atoms with van der Waals surface area (Å²) in [5, 5.41) is 19.9. The Morgan fingerprint density at radius 1 is 0.630 bits per heavy atom. The van der Waals surface area contributed by atoms with E-state index in [1.807, 2.05) is 36.5 Å². The van der Waals surface area contributed by atoms with Crippen LogP contribution in [0.15, 0.2) is 48.6 Å². The summed E-state index contributed by atoms with van der Waals surface area (Å²) in [7, 11) is 0. The minimum absolute atomic E-state index is 0.149. The van der Waals surface area contributed by atoms with Crippen LogP contribution in [-0.2, 0) is 19.1 Å². The number of aliphatic hydroxyl groups is 2. The molecule has 0 aromatic carbocycles. The summed E-state index contributed by atoms with van der Waals surface area (Å²) < 4.78 is 10.3. The van der Waals surface area contributed by atoms with Gasteiger partial charge in [0, 0.05) is 12.8 Å². The number of carbonyl (C=O) groups excluding carboxylic acids is 2. The molecule has 0 bridgehead atoms. The molecule has 46 heavy (non-hydrogen) atoms. The van der Waals surface area contributed by atoms with Crippen molar-refractivity contribution in [2.24, 2.45) is 5.92 Å². The third-order valence-corrected chi connectivity index (χ3v) is 8.19. The zero-order valence-electron chi connectivity index (χ0n) is 29.8. The smallest absolute Gasteiger partial charge is 0.305 e. The van der Waals surface area contributed by atoms with Gasteiger partial charge < -0.3 is 19.7 Å². The first-order valence-electron chi connectivity index (χ1n) is 18.7. The van der Waals surface area contributed by atoms with E-state index < -0.39 is 12.2 Å². The van der Waals surface area contributed by atoms with Crippen molar-refractivity contribution in [3.63, 3.8) is 0 Å². The molecular formula is C40H70O6. The Balaban J connectivity index is 3.63. The van der Waals surface area contributed by atoms with Crippen molar-refractivity contribution in [1.29, 1.82) is 0 Å². The highest BCUT2D eigenvalue weighted by Crippen LogP contribution is 2.15. The van der Waals surface area contributed by atoms with Gasteiger partial charge in [-0.2, -0.15) is 0 Å². The average molecular weight is 647 g/mol. The number of hydrogen-bond donors (Lipinski definition) is 2. The Kier molecular flexibility index (Phi) is 32.5. The predicted octanol–water partition coefficient (Wildman–Crippen LogP) is 10.3. The third-order valence-electron chi connectivity index (χ3n) is 8.19. The number of ether oxygens (including phenoxy) is 2. The fourth-order valence-electron chi connectivity index (χ4n) is 4.90. The van der Waals surface area contributed by atoms with E-state index in [4.69, 9.17) is 9.47 Å². The lowest BCUT2D eigenvalue weighted by molar-refractivity contribution is -0.152. The number of hydrogen-bond acceptors (Lipinski definition) is 6. The molecule has 6 heteroatoms. The molecule has 1 unspecified atom stereocenters. The zero-order valence-corrected chi connectivity index (χ0v) is 29.8. The molecular weight excluding hydrogens is 576 g/mol. The molecule has 0 rings (SSSR count). The second-order valence-electron chi connectivity index (χ2n) is 12.8. The Bertz CT molecular complexity index is 815. The van der Waals surface area contributed by atoms with Gasteiger partial charge in [-0.3, -0.25) is 9.59 Å². The molecule has 266 valence electrons. The molecule has 0 aliphatic carbocycles. The number of rotatable bonds is 32. The first-order valence-corrected chi connectivity index (χ1v) is 18.7. The Labute approximate surface area is 282 Å². The van der Waals surface area contributed by atoms with Gasteiger partial charge >= 0.3 is 11.9 Å². The number of esters is 2. The monoisotopic (exact) mass is 647 g/mol. The van der Waals surface area contributed by atoms with Crippen LogP contribution in [0.5, 0.6) is 0 Å². The first-order chi connectivity index (χ1) is 22.4. The van der Waals surface area contributed by atoms with Crippen molar-refractivity contribution in [2.45, 2.75) is 174 Å². The summed E-state index contributed by atoms with van der Waals surface area (Å²) in [5.41, 5.74) is 0. The maximum absolute atomic E-state index is 11.9. The van der Waals surface area contributed by atoms with Crippen LogP contribution in [0.4, 0.5) is 0 Å². The molecule has 3 atom stereocenters. The summed E-state index contributed by atoms with van der Waals surface area (Å²) in [6, 6.07) is 0. The van der Waals surface area contributed by atoms with E-state index in [0.717, 1.165) is 44.4 Å². The molecule has 0 aromatic heterocycles. The highest BCUT2D eigenvalue weighted by Gasteiger charge is 2.12. The molecule has 0 radical (unpaired) electrons. The Morgan fingerprint density at radius 2 is 1.20 bits per heavy atom.